The highest BCUT2D eigenvalue weighted by atomic mass is 32.2. The first kappa shape index (κ1) is 16.3. The van der Waals surface area contributed by atoms with E-state index >= 15 is 0 Å². The third-order valence-electron chi connectivity index (χ3n) is 4.54. The summed E-state index contributed by atoms with van der Waals surface area (Å²) in [5.74, 6) is -1.49. The lowest BCUT2D eigenvalue weighted by Crippen LogP contribution is -2.45. The fraction of sp³-hybridized carbons (Fsp3) is 0.857. The molecule has 6 nitrogen and oxygen atoms in total. The van der Waals surface area contributed by atoms with Crippen molar-refractivity contribution in [3.8, 4) is 0 Å². The Balaban J connectivity index is 2.01. The van der Waals surface area contributed by atoms with Crippen LogP contribution in [0.3, 0.4) is 0 Å². The van der Waals surface area contributed by atoms with Gasteiger partial charge in [0.15, 0.2) is 9.84 Å². The van der Waals surface area contributed by atoms with Gasteiger partial charge in [-0.25, -0.2) is 8.42 Å². The van der Waals surface area contributed by atoms with E-state index in [-0.39, 0.29) is 18.1 Å². The number of nitrogens with zero attached hydrogens (tertiary/aromatic N) is 1. The van der Waals surface area contributed by atoms with Crippen molar-refractivity contribution in [1.82, 2.24) is 4.90 Å². The number of sulfone groups is 1. The average Bonchev–Trinajstić information content (AvgIpc) is 3.15. The van der Waals surface area contributed by atoms with Crippen molar-refractivity contribution in [1.29, 1.82) is 0 Å². The highest BCUT2D eigenvalue weighted by Crippen LogP contribution is 2.50. The molecule has 1 N–H and O–H groups in total. The number of carboxylic acids is 1. The van der Waals surface area contributed by atoms with E-state index in [0.717, 1.165) is 19.3 Å². The maximum absolute atomic E-state index is 12.4. The number of amides is 1. The summed E-state index contributed by atoms with van der Waals surface area (Å²) in [6.07, 6.45) is 4.01. The maximum atomic E-state index is 12.4. The van der Waals surface area contributed by atoms with Crippen molar-refractivity contribution in [2.45, 2.75) is 50.7 Å². The minimum atomic E-state index is -3.60. The van der Waals surface area contributed by atoms with E-state index < -0.39 is 26.5 Å². The average molecular weight is 317 g/mol. The first-order chi connectivity index (χ1) is 9.76. The van der Waals surface area contributed by atoms with Crippen LogP contribution in [0.2, 0.25) is 0 Å². The quantitative estimate of drug-likeness (QED) is 0.791. The fourth-order valence-corrected chi connectivity index (χ4v) is 4.90. The lowest BCUT2D eigenvalue weighted by Gasteiger charge is -2.29. The lowest BCUT2D eigenvalue weighted by atomic mass is 10.1. The molecule has 0 spiro atoms. The van der Waals surface area contributed by atoms with Crippen LogP contribution in [0.15, 0.2) is 0 Å². The van der Waals surface area contributed by atoms with E-state index in [1.165, 1.54) is 6.92 Å². The topological polar surface area (TPSA) is 91.8 Å². The summed E-state index contributed by atoms with van der Waals surface area (Å²) in [4.78, 5) is 24.8. The van der Waals surface area contributed by atoms with Gasteiger partial charge in [0, 0.05) is 13.1 Å². The number of likely N-dealkylation sites (tertiary alicyclic amines) is 1. The van der Waals surface area contributed by atoms with Crippen LogP contribution in [-0.2, 0) is 19.4 Å². The second-order valence-corrected chi connectivity index (χ2v) is 8.73. The van der Waals surface area contributed by atoms with E-state index in [1.807, 2.05) is 0 Å². The van der Waals surface area contributed by atoms with Gasteiger partial charge >= 0.3 is 5.97 Å². The van der Waals surface area contributed by atoms with Gasteiger partial charge in [-0.2, -0.15) is 0 Å². The normalized spacial score (nSPS) is 22.6. The minimum absolute atomic E-state index is 0.128. The van der Waals surface area contributed by atoms with Crippen molar-refractivity contribution >= 4 is 21.7 Å². The van der Waals surface area contributed by atoms with Crippen LogP contribution in [0.4, 0.5) is 0 Å². The molecule has 2 aliphatic rings. The Morgan fingerprint density at radius 1 is 1.19 bits per heavy atom. The summed E-state index contributed by atoms with van der Waals surface area (Å²) >= 11 is 0. The Hall–Kier alpha value is -1.11. The number of carboxylic acid groups (broad SMARTS) is 1. The first-order valence-corrected chi connectivity index (χ1v) is 9.19. The Morgan fingerprint density at radius 2 is 1.76 bits per heavy atom. The van der Waals surface area contributed by atoms with E-state index in [9.17, 15) is 18.0 Å². The molecule has 0 aromatic carbocycles. The van der Waals surface area contributed by atoms with Gasteiger partial charge in [0.2, 0.25) is 5.91 Å². The number of aliphatic carboxylic acids is 1. The lowest BCUT2D eigenvalue weighted by molar-refractivity contribution is -0.138. The molecule has 1 heterocycles. The second kappa shape index (κ2) is 5.94. The van der Waals surface area contributed by atoms with E-state index in [2.05, 4.69) is 0 Å². The fourth-order valence-electron chi connectivity index (χ4n) is 2.95. The predicted octanol–water partition coefficient (Wildman–Crippen LogP) is 1.06. The van der Waals surface area contributed by atoms with Gasteiger partial charge in [-0.3, -0.25) is 9.59 Å². The standard InChI is InChI=1S/C14H23NO5S/c1-11(13(18)15-7-3-2-4-8-15)21(19,20)10-14(5-6-14)9-12(16)17/h11H,2-10H2,1H3,(H,16,17). The molecule has 0 aromatic heterocycles. The summed E-state index contributed by atoms with van der Waals surface area (Å²) < 4.78 is 24.8. The van der Waals surface area contributed by atoms with E-state index in [1.54, 1.807) is 4.90 Å². The zero-order valence-corrected chi connectivity index (χ0v) is 13.2. The monoisotopic (exact) mass is 317 g/mol. The molecule has 1 amide bonds. The van der Waals surface area contributed by atoms with Crippen molar-refractivity contribution in [2.24, 2.45) is 5.41 Å². The highest BCUT2D eigenvalue weighted by Gasteiger charge is 2.49. The van der Waals surface area contributed by atoms with Gasteiger partial charge < -0.3 is 10.0 Å². The minimum Gasteiger partial charge on any atom is -0.481 e. The van der Waals surface area contributed by atoms with Crippen molar-refractivity contribution in [2.75, 3.05) is 18.8 Å². The van der Waals surface area contributed by atoms with Gasteiger partial charge in [0.25, 0.3) is 0 Å². The number of hydrogen-bond donors (Lipinski definition) is 1. The Labute approximate surface area is 125 Å². The third kappa shape index (κ3) is 3.96. The Morgan fingerprint density at radius 3 is 2.24 bits per heavy atom. The summed E-state index contributed by atoms with van der Waals surface area (Å²) in [7, 11) is -3.60. The maximum Gasteiger partial charge on any atom is 0.303 e. The first-order valence-electron chi connectivity index (χ1n) is 7.48. The van der Waals surface area contributed by atoms with Gasteiger partial charge in [0.1, 0.15) is 5.25 Å². The molecule has 1 saturated carbocycles. The molecule has 1 atom stereocenters. The van der Waals surface area contributed by atoms with E-state index in [4.69, 9.17) is 5.11 Å². The zero-order chi connectivity index (χ0) is 15.7. The molecule has 1 unspecified atom stereocenters. The van der Waals surface area contributed by atoms with Gasteiger partial charge in [0.05, 0.1) is 12.2 Å². The molecule has 1 saturated heterocycles. The third-order valence-corrected chi connectivity index (χ3v) is 6.84. The van der Waals surface area contributed by atoms with Gasteiger partial charge in [-0.15, -0.1) is 0 Å². The number of carbonyl (C=O) groups is 2. The van der Waals surface area contributed by atoms with E-state index in [0.29, 0.717) is 25.9 Å². The molecule has 1 aliphatic carbocycles. The zero-order valence-electron chi connectivity index (χ0n) is 12.4. The summed E-state index contributed by atoms with van der Waals surface area (Å²) in [5.41, 5.74) is -0.638. The van der Waals surface area contributed by atoms with Crippen LogP contribution < -0.4 is 0 Å². The highest BCUT2D eigenvalue weighted by molar-refractivity contribution is 7.92. The molecule has 0 radical (unpaired) electrons. The molecular weight excluding hydrogens is 294 g/mol. The number of piperidine rings is 1. The summed E-state index contributed by atoms with van der Waals surface area (Å²) in [6, 6.07) is 0. The number of rotatable bonds is 6. The van der Waals surface area contributed by atoms with Crippen molar-refractivity contribution in [3.63, 3.8) is 0 Å². The SMILES string of the molecule is CC(C(=O)N1CCCCC1)S(=O)(=O)CC1(CC(=O)O)CC1. The molecule has 7 heteroatoms. The largest absolute Gasteiger partial charge is 0.481 e. The molecule has 120 valence electrons. The van der Waals surface area contributed by atoms with Crippen LogP contribution in [-0.4, -0.2) is 54.4 Å². The van der Waals surface area contributed by atoms with Crippen LogP contribution in [0.5, 0.6) is 0 Å². The van der Waals surface area contributed by atoms with Crippen LogP contribution in [0.1, 0.15) is 45.4 Å². The molecule has 0 bridgehead atoms. The molecule has 21 heavy (non-hydrogen) atoms. The van der Waals surface area contributed by atoms with Crippen LogP contribution >= 0.6 is 0 Å². The molecular formula is C14H23NO5S. The molecule has 0 aromatic rings. The molecule has 2 fully saturated rings. The molecule has 2 rings (SSSR count). The smallest absolute Gasteiger partial charge is 0.303 e. The van der Waals surface area contributed by atoms with Crippen molar-refractivity contribution < 1.29 is 23.1 Å². The van der Waals surface area contributed by atoms with Crippen molar-refractivity contribution in [3.05, 3.63) is 0 Å². The van der Waals surface area contributed by atoms with Gasteiger partial charge in [-0.1, -0.05) is 0 Å². The van der Waals surface area contributed by atoms with Gasteiger partial charge in [-0.05, 0) is 44.4 Å². The predicted molar refractivity (Wildman–Crippen MR) is 77.6 cm³/mol. The summed E-state index contributed by atoms with van der Waals surface area (Å²) in [5, 5.41) is 7.80. The molecule has 1 aliphatic heterocycles. The Kier molecular flexibility index (Phi) is 4.60. The van der Waals surface area contributed by atoms with Crippen LogP contribution in [0.25, 0.3) is 0 Å². The second-order valence-electron chi connectivity index (χ2n) is 6.41. The van der Waals surface area contributed by atoms with Crippen LogP contribution in [0, 0.1) is 5.41 Å². The number of hydrogen-bond acceptors (Lipinski definition) is 4. The summed E-state index contributed by atoms with van der Waals surface area (Å²) in [6.45, 7) is 2.68. The Bertz CT molecular complexity index is 517. The number of carbonyl (C=O) groups excluding carboxylic acids is 1.